The summed E-state index contributed by atoms with van der Waals surface area (Å²) in [6, 6.07) is -0.352. The van der Waals surface area contributed by atoms with Gasteiger partial charge < -0.3 is 15.7 Å². The van der Waals surface area contributed by atoms with Crippen molar-refractivity contribution >= 4 is 11.9 Å². The molecule has 0 aliphatic carbocycles. The summed E-state index contributed by atoms with van der Waals surface area (Å²) >= 11 is 0. The summed E-state index contributed by atoms with van der Waals surface area (Å²) in [6.07, 6.45) is 0.186. The van der Waals surface area contributed by atoms with Gasteiger partial charge in [0.25, 0.3) is 0 Å². The van der Waals surface area contributed by atoms with Crippen LogP contribution in [0.15, 0.2) is 0 Å². The van der Waals surface area contributed by atoms with Gasteiger partial charge in [-0.1, -0.05) is 0 Å². The highest BCUT2D eigenvalue weighted by atomic mass is 16.4. The van der Waals surface area contributed by atoms with Gasteiger partial charge in [0.2, 0.25) is 5.91 Å². The third-order valence-corrected chi connectivity index (χ3v) is 1.75. The molecular weight excluding hydrogens is 184 g/mol. The predicted octanol–water partition coefficient (Wildman–Crippen LogP) is 0.0453. The van der Waals surface area contributed by atoms with E-state index < -0.39 is 5.97 Å². The number of carboxylic acid groups (broad SMARTS) is 1. The van der Waals surface area contributed by atoms with E-state index in [0.717, 1.165) is 0 Å². The van der Waals surface area contributed by atoms with Gasteiger partial charge in [-0.05, 0) is 20.8 Å². The summed E-state index contributed by atoms with van der Waals surface area (Å²) in [6.45, 7) is 5.02. The van der Waals surface area contributed by atoms with E-state index in [0.29, 0.717) is 0 Å². The first-order valence-corrected chi connectivity index (χ1v) is 4.61. The van der Waals surface area contributed by atoms with Crippen LogP contribution in [0.4, 0.5) is 0 Å². The minimum absolute atomic E-state index is 0.114. The van der Waals surface area contributed by atoms with Gasteiger partial charge in [-0.3, -0.25) is 9.59 Å². The monoisotopic (exact) mass is 202 g/mol. The minimum atomic E-state index is -1.00. The lowest BCUT2D eigenvalue weighted by Crippen LogP contribution is -2.42. The topological polar surface area (TPSA) is 83.6 Å². The first-order chi connectivity index (χ1) is 6.34. The van der Waals surface area contributed by atoms with Gasteiger partial charge in [0.05, 0.1) is 0 Å². The zero-order valence-electron chi connectivity index (χ0n) is 8.86. The van der Waals surface area contributed by atoms with E-state index >= 15 is 0 Å². The average Bonchev–Trinajstić information content (AvgIpc) is 1.97. The highest BCUT2D eigenvalue weighted by Crippen LogP contribution is 2.02. The zero-order valence-corrected chi connectivity index (χ0v) is 8.86. The molecular formula is C9H18N2O3. The van der Waals surface area contributed by atoms with Crippen LogP contribution < -0.4 is 5.73 Å². The molecule has 0 rings (SSSR count). The molecule has 3 N–H and O–H groups in total. The molecule has 0 fully saturated rings. The van der Waals surface area contributed by atoms with Crippen molar-refractivity contribution in [1.82, 2.24) is 4.90 Å². The Morgan fingerprint density at radius 2 is 1.86 bits per heavy atom. The number of rotatable bonds is 5. The molecule has 0 aliphatic rings. The van der Waals surface area contributed by atoms with Crippen molar-refractivity contribution in [3.8, 4) is 0 Å². The lowest BCUT2D eigenvalue weighted by atomic mass is 10.2. The van der Waals surface area contributed by atoms with Gasteiger partial charge >= 0.3 is 5.97 Å². The smallest absolute Gasteiger partial charge is 0.323 e. The number of carbonyl (C=O) groups excluding carboxylic acids is 1. The third kappa shape index (κ3) is 4.81. The van der Waals surface area contributed by atoms with E-state index in [1.54, 1.807) is 20.8 Å². The number of carbonyl (C=O) groups is 2. The number of aliphatic carboxylic acids is 1. The Labute approximate surface area is 83.9 Å². The van der Waals surface area contributed by atoms with Crippen molar-refractivity contribution < 1.29 is 14.7 Å². The normalized spacial score (nSPS) is 12.6. The molecule has 0 spiro atoms. The summed E-state index contributed by atoms with van der Waals surface area (Å²) in [5.41, 5.74) is 5.47. The van der Waals surface area contributed by atoms with Crippen LogP contribution >= 0.6 is 0 Å². The molecule has 0 heterocycles. The fourth-order valence-electron chi connectivity index (χ4n) is 1.10. The molecule has 5 nitrogen and oxygen atoms in total. The molecule has 82 valence electrons. The van der Waals surface area contributed by atoms with Crippen molar-refractivity contribution in [2.75, 3.05) is 6.54 Å². The Hall–Kier alpha value is -1.10. The molecule has 0 aromatic carbocycles. The molecule has 0 saturated carbocycles. The largest absolute Gasteiger partial charge is 0.480 e. The number of hydrogen-bond acceptors (Lipinski definition) is 3. The SMILES string of the molecule is CC(N)CC(=O)N(CC(=O)O)C(C)C. The zero-order chi connectivity index (χ0) is 11.3. The summed E-state index contributed by atoms with van der Waals surface area (Å²) < 4.78 is 0. The first-order valence-electron chi connectivity index (χ1n) is 4.61. The Balaban J connectivity index is 4.33. The molecule has 1 atom stereocenters. The molecule has 0 aromatic rings. The van der Waals surface area contributed by atoms with Gasteiger partial charge in [-0.15, -0.1) is 0 Å². The van der Waals surface area contributed by atoms with Crippen molar-refractivity contribution in [3.63, 3.8) is 0 Å². The average molecular weight is 202 g/mol. The van der Waals surface area contributed by atoms with E-state index in [4.69, 9.17) is 10.8 Å². The van der Waals surface area contributed by atoms with Crippen LogP contribution in [0.25, 0.3) is 0 Å². The van der Waals surface area contributed by atoms with Crippen LogP contribution in [0, 0.1) is 0 Å². The van der Waals surface area contributed by atoms with Crippen LogP contribution in [0.1, 0.15) is 27.2 Å². The number of carboxylic acids is 1. The van der Waals surface area contributed by atoms with Gasteiger partial charge in [0.15, 0.2) is 0 Å². The number of amides is 1. The van der Waals surface area contributed by atoms with Gasteiger partial charge in [-0.25, -0.2) is 0 Å². The lowest BCUT2D eigenvalue weighted by molar-refractivity contribution is -0.145. The Bertz CT molecular complexity index is 214. The van der Waals surface area contributed by atoms with Gasteiger partial charge in [0, 0.05) is 18.5 Å². The third-order valence-electron chi connectivity index (χ3n) is 1.75. The molecule has 0 aromatic heterocycles. The second-order valence-electron chi connectivity index (χ2n) is 3.69. The van der Waals surface area contributed by atoms with Crippen molar-refractivity contribution in [1.29, 1.82) is 0 Å². The maximum absolute atomic E-state index is 11.5. The molecule has 14 heavy (non-hydrogen) atoms. The van der Waals surface area contributed by atoms with Gasteiger partial charge in [0.1, 0.15) is 6.54 Å². The molecule has 1 unspecified atom stereocenters. The first kappa shape index (κ1) is 12.9. The molecule has 0 aliphatic heterocycles. The van der Waals surface area contributed by atoms with Crippen LogP contribution in [0.2, 0.25) is 0 Å². The fourth-order valence-corrected chi connectivity index (χ4v) is 1.10. The lowest BCUT2D eigenvalue weighted by Gasteiger charge is -2.25. The predicted molar refractivity (Wildman–Crippen MR) is 52.8 cm³/mol. The summed E-state index contributed by atoms with van der Waals surface area (Å²) in [7, 11) is 0. The van der Waals surface area contributed by atoms with Crippen LogP contribution in [0.5, 0.6) is 0 Å². The Morgan fingerprint density at radius 1 is 1.36 bits per heavy atom. The van der Waals surface area contributed by atoms with Crippen LogP contribution in [-0.4, -0.2) is 40.5 Å². The number of hydrogen-bond donors (Lipinski definition) is 2. The summed E-state index contributed by atoms with van der Waals surface area (Å²) in [4.78, 5) is 23.3. The Kier molecular flexibility index (Phi) is 5.15. The summed E-state index contributed by atoms with van der Waals surface area (Å²) in [5, 5.41) is 8.59. The van der Waals surface area contributed by atoms with E-state index in [9.17, 15) is 9.59 Å². The second-order valence-corrected chi connectivity index (χ2v) is 3.69. The van der Waals surface area contributed by atoms with E-state index in [-0.39, 0.29) is 31.0 Å². The minimum Gasteiger partial charge on any atom is -0.480 e. The molecule has 5 heteroatoms. The van der Waals surface area contributed by atoms with E-state index in [1.165, 1.54) is 4.90 Å². The highest BCUT2D eigenvalue weighted by molar-refractivity contribution is 5.81. The van der Waals surface area contributed by atoms with Crippen molar-refractivity contribution in [2.45, 2.75) is 39.3 Å². The van der Waals surface area contributed by atoms with Crippen molar-refractivity contribution in [2.24, 2.45) is 5.73 Å². The molecule has 0 saturated heterocycles. The quantitative estimate of drug-likeness (QED) is 0.659. The van der Waals surface area contributed by atoms with E-state index in [2.05, 4.69) is 0 Å². The van der Waals surface area contributed by atoms with Gasteiger partial charge in [-0.2, -0.15) is 0 Å². The van der Waals surface area contributed by atoms with Crippen LogP contribution in [0.3, 0.4) is 0 Å². The number of nitrogens with zero attached hydrogens (tertiary/aromatic N) is 1. The molecule has 0 radical (unpaired) electrons. The second kappa shape index (κ2) is 5.59. The maximum atomic E-state index is 11.5. The Morgan fingerprint density at radius 3 is 2.14 bits per heavy atom. The van der Waals surface area contributed by atoms with Crippen molar-refractivity contribution in [3.05, 3.63) is 0 Å². The molecule has 0 bridgehead atoms. The summed E-state index contributed by atoms with van der Waals surface area (Å²) in [5.74, 6) is -1.21. The number of nitrogens with two attached hydrogens (primary N) is 1. The van der Waals surface area contributed by atoms with Crippen LogP contribution in [-0.2, 0) is 9.59 Å². The molecule has 1 amide bonds. The fraction of sp³-hybridized carbons (Fsp3) is 0.778. The standard InChI is InChI=1S/C9H18N2O3/c1-6(2)11(5-9(13)14)8(12)4-7(3)10/h6-7H,4-5,10H2,1-3H3,(H,13,14). The van der Waals surface area contributed by atoms with E-state index in [1.807, 2.05) is 0 Å². The maximum Gasteiger partial charge on any atom is 0.323 e. The highest BCUT2D eigenvalue weighted by Gasteiger charge is 2.20.